The van der Waals surface area contributed by atoms with Crippen molar-refractivity contribution >= 4 is 40.7 Å². The summed E-state index contributed by atoms with van der Waals surface area (Å²) in [5, 5.41) is 4.66. The van der Waals surface area contributed by atoms with E-state index in [2.05, 4.69) is 22.9 Å². The number of alkyl halides is 3. The van der Waals surface area contributed by atoms with Crippen molar-refractivity contribution in [2.24, 2.45) is 10.7 Å². The van der Waals surface area contributed by atoms with E-state index < -0.39 is 11.7 Å². The van der Waals surface area contributed by atoms with Crippen molar-refractivity contribution in [1.29, 1.82) is 0 Å². The molecule has 3 aromatic carbocycles. The van der Waals surface area contributed by atoms with Crippen molar-refractivity contribution in [3.05, 3.63) is 71.8 Å². The smallest absolute Gasteiger partial charge is 0.369 e. The van der Waals surface area contributed by atoms with Gasteiger partial charge in [0.1, 0.15) is 0 Å². The van der Waals surface area contributed by atoms with Crippen LogP contribution in [-0.4, -0.2) is 5.96 Å². The maximum Gasteiger partial charge on any atom is 0.416 e. The minimum atomic E-state index is -4.44. The standard InChI is InChI=1S/C19H16F3N3S/c20-19(21,22)14-9-8-13(11-26)17(10-14)25-18(23)24-16-7-3-5-12-4-1-2-6-15(12)16/h1-10,26H,11H2,(H3,23,24,25). The fraction of sp³-hybridized carbons (Fsp3) is 0.105. The Kier molecular flexibility index (Phi) is 5.08. The summed E-state index contributed by atoms with van der Waals surface area (Å²) in [6, 6.07) is 16.7. The molecule has 0 fully saturated rings. The molecule has 0 saturated carbocycles. The highest BCUT2D eigenvalue weighted by Gasteiger charge is 2.31. The van der Waals surface area contributed by atoms with Gasteiger partial charge in [-0.05, 0) is 29.1 Å². The van der Waals surface area contributed by atoms with E-state index in [9.17, 15) is 13.2 Å². The summed E-state index contributed by atoms with van der Waals surface area (Å²) >= 11 is 4.15. The SMILES string of the molecule is NC(=Nc1cccc2ccccc12)Nc1cc(C(F)(F)F)ccc1CS. The van der Waals surface area contributed by atoms with Gasteiger partial charge in [-0.1, -0.05) is 42.5 Å². The Morgan fingerprint density at radius 1 is 1.04 bits per heavy atom. The lowest BCUT2D eigenvalue weighted by Crippen LogP contribution is -2.23. The third-order valence-corrected chi connectivity index (χ3v) is 4.22. The number of anilines is 1. The molecule has 26 heavy (non-hydrogen) atoms. The van der Waals surface area contributed by atoms with Gasteiger partial charge < -0.3 is 11.1 Å². The maximum atomic E-state index is 13.0. The van der Waals surface area contributed by atoms with Gasteiger partial charge in [0.2, 0.25) is 0 Å². The molecular weight excluding hydrogens is 359 g/mol. The summed E-state index contributed by atoms with van der Waals surface area (Å²) in [6.07, 6.45) is -4.44. The van der Waals surface area contributed by atoms with Crippen LogP contribution in [0.1, 0.15) is 11.1 Å². The molecule has 0 amide bonds. The second-order valence-electron chi connectivity index (χ2n) is 5.65. The summed E-state index contributed by atoms with van der Waals surface area (Å²) in [4.78, 5) is 4.33. The topological polar surface area (TPSA) is 50.4 Å². The van der Waals surface area contributed by atoms with Gasteiger partial charge in [0.25, 0.3) is 0 Å². The number of halogens is 3. The van der Waals surface area contributed by atoms with Crippen molar-refractivity contribution in [1.82, 2.24) is 0 Å². The van der Waals surface area contributed by atoms with Crippen LogP contribution in [0.2, 0.25) is 0 Å². The molecule has 7 heteroatoms. The Morgan fingerprint density at radius 2 is 1.77 bits per heavy atom. The predicted octanol–water partition coefficient (Wildman–Crippen LogP) is 5.35. The molecule has 0 aromatic heterocycles. The number of fused-ring (bicyclic) bond motifs is 1. The van der Waals surface area contributed by atoms with Gasteiger partial charge in [-0.2, -0.15) is 25.8 Å². The van der Waals surface area contributed by atoms with E-state index in [4.69, 9.17) is 5.73 Å². The van der Waals surface area contributed by atoms with E-state index in [1.54, 1.807) is 6.07 Å². The number of benzene rings is 3. The Bertz CT molecular complexity index is 962. The first-order chi connectivity index (χ1) is 12.4. The molecule has 0 saturated heterocycles. The van der Waals surface area contributed by atoms with Gasteiger partial charge in [0.05, 0.1) is 11.3 Å². The number of nitrogens with one attached hydrogen (secondary N) is 1. The number of hydrogen-bond acceptors (Lipinski definition) is 2. The van der Waals surface area contributed by atoms with E-state index in [0.717, 1.165) is 22.9 Å². The van der Waals surface area contributed by atoms with Crippen LogP contribution in [0.3, 0.4) is 0 Å². The quantitative estimate of drug-likeness (QED) is 0.328. The average Bonchev–Trinajstić information content (AvgIpc) is 2.61. The predicted molar refractivity (Wildman–Crippen MR) is 103 cm³/mol. The Balaban J connectivity index is 1.96. The highest BCUT2D eigenvalue weighted by Crippen LogP contribution is 2.33. The number of guanidine groups is 1. The van der Waals surface area contributed by atoms with Gasteiger partial charge >= 0.3 is 6.18 Å². The molecule has 3 aromatic rings. The lowest BCUT2D eigenvalue weighted by atomic mass is 10.1. The fourth-order valence-corrected chi connectivity index (χ4v) is 2.88. The zero-order valence-corrected chi connectivity index (χ0v) is 14.5. The number of hydrogen-bond donors (Lipinski definition) is 3. The number of thiol groups is 1. The fourth-order valence-electron chi connectivity index (χ4n) is 2.61. The van der Waals surface area contributed by atoms with Gasteiger partial charge in [0.15, 0.2) is 5.96 Å². The van der Waals surface area contributed by atoms with Gasteiger partial charge in [0, 0.05) is 16.8 Å². The molecule has 0 bridgehead atoms. The number of nitrogens with zero attached hydrogens (tertiary/aromatic N) is 1. The third kappa shape index (κ3) is 3.94. The highest BCUT2D eigenvalue weighted by atomic mass is 32.1. The first kappa shape index (κ1) is 18.1. The van der Waals surface area contributed by atoms with Crippen LogP contribution in [0.4, 0.5) is 24.5 Å². The van der Waals surface area contributed by atoms with Crippen LogP contribution in [0.5, 0.6) is 0 Å². The van der Waals surface area contributed by atoms with Crippen LogP contribution in [0.25, 0.3) is 10.8 Å². The molecule has 0 aliphatic carbocycles. The van der Waals surface area contributed by atoms with Crippen molar-refractivity contribution in [2.75, 3.05) is 5.32 Å². The first-order valence-electron chi connectivity index (χ1n) is 7.78. The van der Waals surface area contributed by atoms with Crippen molar-refractivity contribution in [3.8, 4) is 0 Å². The normalized spacial score (nSPS) is 12.4. The van der Waals surface area contributed by atoms with Crippen LogP contribution >= 0.6 is 12.6 Å². The van der Waals surface area contributed by atoms with Gasteiger partial charge in [-0.3, -0.25) is 0 Å². The molecule has 0 spiro atoms. The summed E-state index contributed by atoms with van der Waals surface area (Å²) in [5.41, 5.74) is 6.64. The van der Waals surface area contributed by atoms with Crippen LogP contribution in [0.15, 0.2) is 65.7 Å². The highest BCUT2D eigenvalue weighted by molar-refractivity contribution is 7.79. The second kappa shape index (κ2) is 7.29. The molecule has 3 rings (SSSR count). The second-order valence-corrected chi connectivity index (χ2v) is 5.96. The number of nitrogens with two attached hydrogens (primary N) is 1. The van der Waals surface area contributed by atoms with E-state index in [0.29, 0.717) is 11.3 Å². The van der Waals surface area contributed by atoms with Crippen molar-refractivity contribution in [2.45, 2.75) is 11.9 Å². The van der Waals surface area contributed by atoms with Crippen molar-refractivity contribution in [3.63, 3.8) is 0 Å². The molecule has 0 heterocycles. The summed E-state index contributed by atoms with van der Waals surface area (Å²) in [5.74, 6) is 0.269. The maximum absolute atomic E-state index is 13.0. The Morgan fingerprint density at radius 3 is 2.50 bits per heavy atom. The Labute approximate surface area is 154 Å². The molecule has 0 radical (unpaired) electrons. The number of aliphatic imine (C=N–C) groups is 1. The summed E-state index contributed by atoms with van der Waals surface area (Å²) in [7, 11) is 0. The summed E-state index contributed by atoms with van der Waals surface area (Å²) < 4.78 is 38.9. The molecule has 0 aliphatic heterocycles. The molecule has 3 nitrogen and oxygen atoms in total. The number of rotatable bonds is 3. The first-order valence-corrected chi connectivity index (χ1v) is 8.41. The molecular formula is C19H16F3N3S. The van der Waals surface area contributed by atoms with Crippen LogP contribution < -0.4 is 11.1 Å². The third-order valence-electron chi connectivity index (χ3n) is 3.88. The van der Waals surface area contributed by atoms with E-state index >= 15 is 0 Å². The molecule has 0 atom stereocenters. The average molecular weight is 375 g/mol. The zero-order valence-electron chi connectivity index (χ0n) is 13.6. The minimum Gasteiger partial charge on any atom is -0.369 e. The lowest BCUT2D eigenvalue weighted by Gasteiger charge is -2.14. The monoisotopic (exact) mass is 375 g/mol. The van der Waals surface area contributed by atoms with Crippen LogP contribution in [-0.2, 0) is 11.9 Å². The van der Waals surface area contributed by atoms with Gasteiger partial charge in [-0.15, -0.1) is 0 Å². The van der Waals surface area contributed by atoms with E-state index in [1.165, 1.54) is 6.07 Å². The summed E-state index contributed by atoms with van der Waals surface area (Å²) in [6.45, 7) is 0. The molecule has 0 aliphatic rings. The van der Waals surface area contributed by atoms with E-state index in [1.807, 2.05) is 36.4 Å². The molecule has 0 unspecified atom stereocenters. The van der Waals surface area contributed by atoms with Crippen LogP contribution in [0, 0.1) is 0 Å². The molecule has 3 N–H and O–H groups in total. The van der Waals surface area contributed by atoms with E-state index in [-0.39, 0.29) is 17.4 Å². The zero-order chi connectivity index (χ0) is 18.7. The largest absolute Gasteiger partial charge is 0.416 e. The van der Waals surface area contributed by atoms with Gasteiger partial charge in [-0.25, -0.2) is 4.99 Å². The minimum absolute atomic E-state index is 0.00344. The Hall–Kier alpha value is -2.67. The van der Waals surface area contributed by atoms with Crippen molar-refractivity contribution < 1.29 is 13.2 Å². The molecule has 134 valence electrons. The lowest BCUT2D eigenvalue weighted by molar-refractivity contribution is -0.137.